The predicted octanol–water partition coefficient (Wildman–Crippen LogP) is 2.20. The van der Waals surface area contributed by atoms with E-state index in [0.29, 0.717) is 11.4 Å². The number of hydrogen-bond donors (Lipinski definition) is 1. The van der Waals surface area contributed by atoms with E-state index in [1.165, 1.54) is 0 Å². The Bertz CT molecular complexity index is 358. The Morgan fingerprint density at radius 2 is 2.27 bits per heavy atom. The molecule has 0 saturated carbocycles. The Balaban J connectivity index is 2.02. The number of halogens is 1. The molecule has 15 heavy (non-hydrogen) atoms. The van der Waals surface area contributed by atoms with Gasteiger partial charge in [-0.3, -0.25) is 4.79 Å². The lowest BCUT2D eigenvalue weighted by atomic mass is 10.0. The van der Waals surface area contributed by atoms with Crippen molar-refractivity contribution in [3.05, 3.63) is 34.9 Å². The molecule has 2 nitrogen and oxygen atoms in total. The van der Waals surface area contributed by atoms with Crippen molar-refractivity contribution in [2.24, 2.45) is 0 Å². The van der Waals surface area contributed by atoms with E-state index < -0.39 is 0 Å². The molecule has 0 bridgehead atoms. The molecule has 1 aromatic rings. The summed E-state index contributed by atoms with van der Waals surface area (Å²) in [5.41, 5.74) is 0.929. The SMILES string of the molecule is O=C(Cc1ccccc1Cl)C1CCCN1. The number of hydrogen-bond acceptors (Lipinski definition) is 2. The van der Waals surface area contributed by atoms with Crippen LogP contribution >= 0.6 is 11.6 Å². The first kappa shape index (κ1) is 10.7. The molecule has 0 aliphatic carbocycles. The van der Waals surface area contributed by atoms with Gasteiger partial charge in [-0.1, -0.05) is 29.8 Å². The molecule has 0 aromatic heterocycles. The van der Waals surface area contributed by atoms with Gasteiger partial charge in [0.1, 0.15) is 0 Å². The Morgan fingerprint density at radius 3 is 2.93 bits per heavy atom. The zero-order chi connectivity index (χ0) is 10.7. The highest BCUT2D eigenvalue weighted by molar-refractivity contribution is 6.31. The van der Waals surface area contributed by atoms with Gasteiger partial charge in [-0.15, -0.1) is 0 Å². The first-order valence-electron chi connectivity index (χ1n) is 5.27. The minimum absolute atomic E-state index is 0.0428. The molecular formula is C12H14ClNO. The van der Waals surface area contributed by atoms with Crippen LogP contribution in [0.5, 0.6) is 0 Å². The van der Waals surface area contributed by atoms with Crippen molar-refractivity contribution in [2.75, 3.05) is 6.54 Å². The van der Waals surface area contributed by atoms with E-state index >= 15 is 0 Å². The van der Waals surface area contributed by atoms with Crippen molar-refractivity contribution < 1.29 is 4.79 Å². The molecule has 1 saturated heterocycles. The number of carbonyl (C=O) groups is 1. The van der Waals surface area contributed by atoms with Crippen molar-refractivity contribution in [2.45, 2.75) is 25.3 Å². The summed E-state index contributed by atoms with van der Waals surface area (Å²) < 4.78 is 0. The second kappa shape index (κ2) is 4.77. The van der Waals surface area contributed by atoms with E-state index in [1.807, 2.05) is 24.3 Å². The van der Waals surface area contributed by atoms with Crippen molar-refractivity contribution in [1.29, 1.82) is 0 Å². The van der Waals surface area contributed by atoms with Crippen LogP contribution in [0.4, 0.5) is 0 Å². The third-order valence-corrected chi connectivity index (χ3v) is 3.14. The largest absolute Gasteiger partial charge is 0.307 e. The summed E-state index contributed by atoms with van der Waals surface area (Å²) in [4.78, 5) is 11.8. The van der Waals surface area contributed by atoms with Crippen LogP contribution in [0, 0.1) is 0 Å². The maximum Gasteiger partial charge on any atom is 0.154 e. The number of Topliss-reactive ketones (excluding diaryl/α,β-unsaturated/α-hetero) is 1. The third kappa shape index (κ3) is 2.58. The average Bonchev–Trinajstić information content (AvgIpc) is 2.74. The van der Waals surface area contributed by atoms with E-state index in [-0.39, 0.29) is 11.8 Å². The van der Waals surface area contributed by atoms with E-state index in [1.54, 1.807) is 0 Å². The molecule has 1 N–H and O–H groups in total. The number of carbonyl (C=O) groups excluding carboxylic acids is 1. The third-order valence-electron chi connectivity index (χ3n) is 2.77. The van der Waals surface area contributed by atoms with Crippen LogP contribution in [0.25, 0.3) is 0 Å². The van der Waals surface area contributed by atoms with Gasteiger partial charge < -0.3 is 5.32 Å². The van der Waals surface area contributed by atoms with Gasteiger partial charge in [0.15, 0.2) is 5.78 Å². The van der Waals surface area contributed by atoms with Crippen molar-refractivity contribution in [1.82, 2.24) is 5.32 Å². The fraction of sp³-hybridized carbons (Fsp3) is 0.417. The van der Waals surface area contributed by atoms with E-state index in [9.17, 15) is 4.79 Å². The Hall–Kier alpha value is -0.860. The average molecular weight is 224 g/mol. The van der Waals surface area contributed by atoms with E-state index in [2.05, 4.69) is 5.32 Å². The Labute approximate surface area is 94.6 Å². The van der Waals surface area contributed by atoms with Gasteiger partial charge in [0, 0.05) is 11.4 Å². The first-order chi connectivity index (χ1) is 7.27. The molecule has 1 aliphatic rings. The minimum atomic E-state index is 0.0428. The zero-order valence-corrected chi connectivity index (χ0v) is 9.26. The molecule has 1 atom stereocenters. The first-order valence-corrected chi connectivity index (χ1v) is 5.64. The lowest BCUT2D eigenvalue weighted by molar-refractivity contribution is -0.120. The highest BCUT2D eigenvalue weighted by Gasteiger charge is 2.22. The number of rotatable bonds is 3. The minimum Gasteiger partial charge on any atom is -0.307 e. The lowest BCUT2D eigenvalue weighted by Crippen LogP contribution is -2.31. The lowest BCUT2D eigenvalue weighted by Gasteiger charge is -2.09. The monoisotopic (exact) mass is 223 g/mol. The summed E-state index contributed by atoms with van der Waals surface area (Å²) in [5.74, 6) is 0.251. The fourth-order valence-corrected chi connectivity index (χ4v) is 2.11. The summed E-state index contributed by atoms with van der Waals surface area (Å²) in [5, 5.41) is 3.89. The molecule has 1 fully saturated rings. The molecular weight excluding hydrogens is 210 g/mol. The smallest absolute Gasteiger partial charge is 0.154 e. The summed E-state index contributed by atoms with van der Waals surface area (Å²) in [6.45, 7) is 0.957. The zero-order valence-electron chi connectivity index (χ0n) is 8.50. The maximum absolute atomic E-state index is 11.8. The molecule has 1 unspecified atom stereocenters. The summed E-state index contributed by atoms with van der Waals surface area (Å²) in [7, 11) is 0. The van der Waals surface area contributed by atoms with Gasteiger partial charge in [0.2, 0.25) is 0 Å². The van der Waals surface area contributed by atoms with Crippen molar-refractivity contribution in [3.8, 4) is 0 Å². The van der Waals surface area contributed by atoms with Crippen molar-refractivity contribution in [3.63, 3.8) is 0 Å². The van der Waals surface area contributed by atoms with Crippen molar-refractivity contribution >= 4 is 17.4 Å². The summed E-state index contributed by atoms with van der Waals surface area (Å²) >= 11 is 6.00. The number of benzene rings is 1. The number of nitrogens with one attached hydrogen (secondary N) is 1. The van der Waals surface area contributed by atoms with Crippen LogP contribution < -0.4 is 5.32 Å². The van der Waals surface area contributed by atoms with Gasteiger partial charge >= 0.3 is 0 Å². The normalized spacial score (nSPS) is 20.5. The summed E-state index contributed by atoms with van der Waals surface area (Å²) in [6, 6.07) is 7.57. The van der Waals surface area contributed by atoms with Crippen LogP contribution in [-0.2, 0) is 11.2 Å². The van der Waals surface area contributed by atoms with Crippen LogP contribution in [0.2, 0.25) is 5.02 Å². The highest BCUT2D eigenvalue weighted by Crippen LogP contribution is 2.17. The Morgan fingerprint density at radius 1 is 1.47 bits per heavy atom. The van der Waals surface area contributed by atoms with Crippen LogP contribution in [-0.4, -0.2) is 18.4 Å². The second-order valence-corrected chi connectivity index (χ2v) is 4.29. The molecule has 0 radical (unpaired) electrons. The molecule has 1 aliphatic heterocycles. The van der Waals surface area contributed by atoms with Gasteiger partial charge in [-0.2, -0.15) is 0 Å². The molecule has 0 amide bonds. The standard InChI is InChI=1S/C12H14ClNO/c13-10-5-2-1-4-9(10)8-12(15)11-6-3-7-14-11/h1-2,4-5,11,14H,3,6-8H2. The molecule has 3 heteroatoms. The molecule has 1 aromatic carbocycles. The van der Waals surface area contributed by atoms with Crippen LogP contribution in [0.15, 0.2) is 24.3 Å². The molecule has 1 heterocycles. The number of ketones is 1. The molecule has 0 spiro atoms. The van der Waals surface area contributed by atoms with Crippen LogP contribution in [0.1, 0.15) is 18.4 Å². The highest BCUT2D eigenvalue weighted by atomic mass is 35.5. The fourth-order valence-electron chi connectivity index (χ4n) is 1.91. The summed E-state index contributed by atoms with van der Waals surface area (Å²) in [6.07, 6.45) is 2.50. The van der Waals surface area contributed by atoms with Crippen LogP contribution in [0.3, 0.4) is 0 Å². The van der Waals surface area contributed by atoms with Gasteiger partial charge in [0.25, 0.3) is 0 Å². The second-order valence-electron chi connectivity index (χ2n) is 3.88. The van der Waals surface area contributed by atoms with E-state index in [0.717, 1.165) is 24.9 Å². The molecule has 80 valence electrons. The predicted molar refractivity (Wildman–Crippen MR) is 61.2 cm³/mol. The maximum atomic E-state index is 11.8. The van der Waals surface area contributed by atoms with Gasteiger partial charge in [-0.05, 0) is 31.0 Å². The van der Waals surface area contributed by atoms with Gasteiger partial charge in [0.05, 0.1) is 6.04 Å². The molecule has 2 rings (SSSR count). The quantitative estimate of drug-likeness (QED) is 0.851. The topological polar surface area (TPSA) is 29.1 Å². The van der Waals surface area contributed by atoms with E-state index in [4.69, 9.17) is 11.6 Å². The van der Waals surface area contributed by atoms with Gasteiger partial charge in [-0.25, -0.2) is 0 Å². The Kier molecular flexibility index (Phi) is 3.39.